The number of rotatable bonds is 3. The molecule has 0 spiro atoms. The zero-order valence-electron chi connectivity index (χ0n) is 11.8. The highest BCUT2D eigenvalue weighted by molar-refractivity contribution is 4.78. The summed E-state index contributed by atoms with van der Waals surface area (Å²) in [7, 11) is 0. The monoisotopic (exact) mass is 225 g/mol. The van der Waals surface area contributed by atoms with Gasteiger partial charge in [0.25, 0.3) is 0 Å². The molecule has 1 saturated carbocycles. The van der Waals surface area contributed by atoms with Crippen molar-refractivity contribution in [2.75, 3.05) is 19.6 Å². The molecule has 0 radical (unpaired) electrons. The summed E-state index contributed by atoms with van der Waals surface area (Å²) in [4.78, 5) is 2.71. The third-order valence-corrected chi connectivity index (χ3v) is 4.32. The van der Waals surface area contributed by atoms with Gasteiger partial charge in [-0.2, -0.15) is 0 Å². The number of nitrogens with zero attached hydrogens (tertiary/aromatic N) is 1. The van der Waals surface area contributed by atoms with Crippen molar-refractivity contribution in [3.05, 3.63) is 0 Å². The normalized spacial score (nSPS) is 23.8. The van der Waals surface area contributed by atoms with Crippen LogP contribution < -0.4 is 0 Å². The zero-order chi connectivity index (χ0) is 12.0. The quantitative estimate of drug-likeness (QED) is 0.696. The van der Waals surface area contributed by atoms with Gasteiger partial charge < -0.3 is 4.90 Å². The molecule has 96 valence electrons. The first-order valence-corrected chi connectivity index (χ1v) is 7.48. The topological polar surface area (TPSA) is 3.24 Å². The van der Waals surface area contributed by atoms with Crippen LogP contribution in [0.15, 0.2) is 0 Å². The van der Waals surface area contributed by atoms with Crippen LogP contribution in [0.1, 0.15) is 59.8 Å². The van der Waals surface area contributed by atoms with Gasteiger partial charge in [-0.3, -0.25) is 0 Å². The molecule has 0 atom stereocenters. The molecule has 1 nitrogen and oxygen atoms in total. The summed E-state index contributed by atoms with van der Waals surface area (Å²) < 4.78 is 0. The Kier molecular flexibility index (Phi) is 6.41. The third-order valence-electron chi connectivity index (χ3n) is 4.32. The van der Waals surface area contributed by atoms with E-state index in [4.69, 9.17) is 0 Å². The molecule has 2 fully saturated rings. The van der Waals surface area contributed by atoms with Crippen LogP contribution in [0.4, 0.5) is 0 Å². The molecule has 1 saturated heterocycles. The first-order chi connectivity index (χ1) is 7.75. The van der Waals surface area contributed by atoms with Gasteiger partial charge in [0.05, 0.1) is 0 Å². The molecule has 2 aliphatic rings. The fourth-order valence-electron chi connectivity index (χ4n) is 2.84. The van der Waals surface area contributed by atoms with Gasteiger partial charge in [0.1, 0.15) is 0 Å². The summed E-state index contributed by atoms with van der Waals surface area (Å²) in [6.07, 6.45) is 7.40. The molecule has 0 amide bonds. The van der Waals surface area contributed by atoms with Crippen molar-refractivity contribution in [3.63, 3.8) is 0 Å². The van der Waals surface area contributed by atoms with Crippen molar-refractivity contribution < 1.29 is 0 Å². The summed E-state index contributed by atoms with van der Waals surface area (Å²) in [6.45, 7) is 12.9. The predicted octanol–water partition coefficient (Wildman–Crippen LogP) is 4.18. The SMILES string of the molecule is CC.CC(C)C1CCN(CC2CCC2)CC1. The summed E-state index contributed by atoms with van der Waals surface area (Å²) in [6, 6.07) is 0. The Morgan fingerprint density at radius 3 is 1.94 bits per heavy atom. The lowest BCUT2D eigenvalue weighted by Crippen LogP contribution is -2.39. The van der Waals surface area contributed by atoms with E-state index in [1.54, 1.807) is 0 Å². The van der Waals surface area contributed by atoms with E-state index < -0.39 is 0 Å². The van der Waals surface area contributed by atoms with E-state index in [2.05, 4.69) is 18.7 Å². The van der Waals surface area contributed by atoms with Gasteiger partial charge in [0.2, 0.25) is 0 Å². The Bertz CT molecular complexity index is 164. The van der Waals surface area contributed by atoms with Crippen LogP contribution in [0.25, 0.3) is 0 Å². The Balaban J connectivity index is 0.000000606. The van der Waals surface area contributed by atoms with Gasteiger partial charge in [-0.25, -0.2) is 0 Å². The molecular formula is C15H31N. The lowest BCUT2D eigenvalue weighted by atomic mass is 9.83. The first kappa shape index (κ1) is 14.0. The maximum atomic E-state index is 2.71. The van der Waals surface area contributed by atoms with Crippen molar-refractivity contribution in [3.8, 4) is 0 Å². The Hall–Kier alpha value is -0.0400. The largest absolute Gasteiger partial charge is 0.303 e. The number of likely N-dealkylation sites (tertiary alicyclic amines) is 1. The van der Waals surface area contributed by atoms with Crippen LogP contribution in [0.5, 0.6) is 0 Å². The lowest BCUT2D eigenvalue weighted by Gasteiger charge is -2.38. The molecule has 1 heteroatoms. The Morgan fingerprint density at radius 2 is 1.56 bits per heavy atom. The summed E-state index contributed by atoms with van der Waals surface area (Å²) in [5.74, 6) is 2.97. The van der Waals surface area contributed by atoms with Crippen LogP contribution in [0.3, 0.4) is 0 Å². The summed E-state index contributed by atoms with van der Waals surface area (Å²) >= 11 is 0. The number of hydrogen-bond acceptors (Lipinski definition) is 1. The van der Waals surface area contributed by atoms with E-state index in [1.165, 1.54) is 51.7 Å². The molecule has 0 aromatic rings. The van der Waals surface area contributed by atoms with Gasteiger partial charge in [-0.05, 0) is 56.5 Å². The van der Waals surface area contributed by atoms with Gasteiger partial charge in [0.15, 0.2) is 0 Å². The maximum Gasteiger partial charge on any atom is 0.000966 e. The smallest absolute Gasteiger partial charge is 0.000966 e. The molecule has 0 aromatic heterocycles. The van der Waals surface area contributed by atoms with E-state index in [-0.39, 0.29) is 0 Å². The van der Waals surface area contributed by atoms with Crippen LogP contribution in [-0.2, 0) is 0 Å². The van der Waals surface area contributed by atoms with Crippen molar-refractivity contribution in [2.45, 2.75) is 59.8 Å². The zero-order valence-corrected chi connectivity index (χ0v) is 11.8. The van der Waals surface area contributed by atoms with Gasteiger partial charge in [-0.1, -0.05) is 34.1 Å². The highest BCUT2D eigenvalue weighted by atomic mass is 15.1. The van der Waals surface area contributed by atoms with E-state index in [0.29, 0.717) is 0 Å². The summed E-state index contributed by atoms with van der Waals surface area (Å²) in [5, 5.41) is 0. The second kappa shape index (κ2) is 7.32. The van der Waals surface area contributed by atoms with Crippen molar-refractivity contribution in [1.82, 2.24) is 4.90 Å². The van der Waals surface area contributed by atoms with E-state index in [9.17, 15) is 0 Å². The highest BCUT2D eigenvalue weighted by Crippen LogP contribution is 2.30. The number of piperidine rings is 1. The Morgan fingerprint density at radius 1 is 1.00 bits per heavy atom. The van der Waals surface area contributed by atoms with Crippen LogP contribution >= 0.6 is 0 Å². The molecule has 16 heavy (non-hydrogen) atoms. The van der Waals surface area contributed by atoms with Gasteiger partial charge in [-0.15, -0.1) is 0 Å². The molecule has 1 aliphatic carbocycles. The molecule has 2 rings (SSSR count). The van der Waals surface area contributed by atoms with E-state index >= 15 is 0 Å². The third kappa shape index (κ3) is 4.08. The van der Waals surface area contributed by atoms with Crippen molar-refractivity contribution in [2.24, 2.45) is 17.8 Å². The predicted molar refractivity (Wildman–Crippen MR) is 72.7 cm³/mol. The van der Waals surface area contributed by atoms with Crippen LogP contribution in [-0.4, -0.2) is 24.5 Å². The Labute approximate surface area is 103 Å². The average molecular weight is 225 g/mol. The molecular weight excluding hydrogens is 194 g/mol. The first-order valence-electron chi connectivity index (χ1n) is 7.48. The highest BCUT2D eigenvalue weighted by Gasteiger charge is 2.25. The van der Waals surface area contributed by atoms with Crippen LogP contribution in [0.2, 0.25) is 0 Å². The van der Waals surface area contributed by atoms with Crippen molar-refractivity contribution >= 4 is 0 Å². The fourth-order valence-corrected chi connectivity index (χ4v) is 2.84. The van der Waals surface area contributed by atoms with Gasteiger partial charge >= 0.3 is 0 Å². The minimum atomic E-state index is 0.904. The minimum Gasteiger partial charge on any atom is -0.303 e. The maximum absolute atomic E-state index is 2.71. The molecule has 0 N–H and O–H groups in total. The summed E-state index contributed by atoms with van der Waals surface area (Å²) in [5.41, 5.74) is 0. The second-order valence-electron chi connectivity index (χ2n) is 5.68. The second-order valence-corrected chi connectivity index (χ2v) is 5.68. The molecule has 1 aliphatic heterocycles. The minimum absolute atomic E-state index is 0.904. The molecule has 0 aromatic carbocycles. The average Bonchev–Trinajstić information content (AvgIpc) is 2.27. The van der Waals surface area contributed by atoms with E-state index in [1.807, 2.05) is 13.8 Å². The lowest BCUT2D eigenvalue weighted by molar-refractivity contribution is 0.117. The molecule has 0 unspecified atom stereocenters. The fraction of sp³-hybridized carbons (Fsp3) is 1.00. The molecule has 1 heterocycles. The van der Waals surface area contributed by atoms with Crippen LogP contribution in [0, 0.1) is 17.8 Å². The van der Waals surface area contributed by atoms with Crippen molar-refractivity contribution in [1.29, 1.82) is 0 Å². The number of hydrogen-bond donors (Lipinski definition) is 0. The standard InChI is InChI=1S/C13H25N.C2H6/c1-11(2)13-6-8-14(9-7-13)10-12-4-3-5-12;1-2/h11-13H,3-10H2,1-2H3;1-2H3. The van der Waals surface area contributed by atoms with Gasteiger partial charge in [0, 0.05) is 6.54 Å². The van der Waals surface area contributed by atoms with E-state index in [0.717, 1.165) is 17.8 Å². The molecule has 0 bridgehead atoms.